The van der Waals surface area contributed by atoms with Crippen molar-refractivity contribution in [3.05, 3.63) is 65.2 Å². The molecule has 0 amide bonds. The molecule has 2 aromatic carbocycles. The van der Waals surface area contributed by atoms with Crippen LogP contribution in [0, 0.1) is 13.8 Å². The number of aliphatic hydroxyl groups is 1. The van der Waals surface area contributed by atoms with Crippen molar-refractivity contribution < 1.29 is 5.11 Å². The molecule has 1 N–H and O–H groups in total. The number of aryl methyl sites for hydroxylation is 2. The Balaban J connectivity index is 2.27. The Hall–Kier alpha value is -1.38. The first kappa shape index (κ1) is 12.1. The molecule has 0 fully saturated rings. The largest absolute Gasteiger partial charge is 0.355 e. The highest BCUT2D eigenvalue weighted by atomic mass is 32.1. The average Bonchev–Trinajstić information content (AvgIpc) is 2.33. The Morgan fingerprint density at radius 2 is 1.29 bits per heavy atom. The minimum absolute atomic E-state index is 0.397. The Labute approximate surface area is 106 Å². The van der Waals surface area contributed by atoms with Crippen molar-refractivity contribution in [3.8, 4) is 0 Å². The van der Waals surface area contributed by atoms with E-state index in [1.54, 1.807) is 0 Å². The zero-order chi connectivity index (χ0) is 12.3. The summed E-state index contributed by atoms with van der Waals surface area (Å²) in [6.07, 6.45) is 0. The van der Waals surface area contributed by atoms with E-state index in [1.165, 1.54) is 11.1 Å². The van der Waals surface area contributed by atoms with Crippen molar-refractivity contribution in [2.24, 2.45) is 0 Å². The summed E-state index contributed by atoms with van der Waals surface area (Å²) in [6.45, 7) is 4.10. The van der Waals surface area contributed by atoms with Crippen LogP contribution in [0.5, 0.6) is 0 Å². The van der Waals surface area contributed by atoms with Crippen LogP contribution < -0.4 is 0 Å². The van der Waals surface area contributed by atoms with Crippen molar-refractivity contribution in [2.45, 2.75) is 18.7 Å². The monoisotopic (exact) mass is 244 g/mol. The molecule has 0 aromatic heterocycles. The highest BCUT2D eigenvalue weighted by molar-refractivity contribution is 7.98. The lowest BCUT2D eigenvalue weighted by atomic mass is 10.2. The van der Waals surface area contributed by atoms with Crippen LogP contribution in [0.2, 0.25) is 0 Å². The zero-order valence-corrected chi connectivity index (χ0v) is 10.9. The van der Waals surface area contributed by atoms with Gasteiger partial charge in [-0.3, -0.25) is 0 Å². The highest BCUT2D eigenvalue weighted by Gasteiger charge is 1.97. The molecule has 0 bridgehead atoms. The van der Waals surface area contributed by atoms with Gasteiger partial charge in [-0.1, -0.05) is 47.5 Å². The van der Waals surface area contributed by atoms with Gasteiger partial charge in [-0.2, -0.15) is 0 Å². The molecule has 17 heavy (non-hydrogen) atoms. The van der Waals surface area contributed by atoms with Crippen LogP contribution in [0.15, 0.2) is 53.4 Å². The van der Waals surface area contributed by atoms with Gasteiger partial charge in [-0.15, -0.1) is 11.4 Å². The normalized spacial score (nSPS) is 12.1. The second-order valence-electron chi connectivity index (χ2n) is 4.14. The van der Waals surface area contributed by atoms with Gasteiger partial charge in [0.1, 0.15) is 5.05 Å². The molecular weight excluding hydrogens is 228 g/mol. The Kier molecular flexibility index (Phi) is 3.77. The van der Waals surface area contributed by atoms with E-state index in [-0.39, 0.29) is 0 Å². The van der Waals surface area contributed by atoms with Gasteiger partial charge in [-0.25, -0.2) is 0 Å². The molecule has 0 radical (unpaired) electrons. The maximum absolute atomic E-state index is 10.0. The first-order valence-corrected chi connectivity index (χ1v) is 6.46. The smallest absolute Gasteiger partial charge is 0.104 e. The van der Waals surface area contributed by atoms with E-state index in [4.69, 9.17) is 0 Å². The van der Waals surface area contributed by atoms with Crippen molar-refractivity contribution in [1.29, 1.82) is 0 Å². The van der Waals surface area contributed by atoms with Crippen LogP contribution in [0.4, 0.5) is 0 Å². The molecule has 0 aliphatic heterocycles. The van der Waals surface area contributed by atoms with Crippen LogP contribution in [-0.4, -0.2) is 10.2 Å². The van der Waals surface area contributed by atoms with E-state index in [9.17, 15) is 5.11 Å². The number of hydrogen-bond acceptors (Lipinski definition) is 0. The van der Waals surface area contributed by atoms with E-state index in [1.807, 2.05) is 43.3 Å². The van der Waals surface area contributed by atoms with E-state index in [0.717, 1.165) is 21.8 Å². The third kappa shape index (κ3) is 3.29. The minimum Gasteiger partial charge on any atom is -0.355 e. The van der Waals surface area contributed by atoms with Gasteiger partial charge in [0.05, 0.1) is 0 Å². The molecule has 0 heterocycles. The van der Waals surface area contributed by atoms with Crippen LogP contribution in [0.3, 0.4) is 0 Å². The Morgan fingerprint density at radius 3 is 1.82 bits per heavy atom. The third-order valence-corrected chi connectivity index (χ3v) is 3.61. The molecule has 0 spiro atoms. The van der Waals surface area contributed by atoms with Crippen molar-refractivity contribution >= 4 is 16.4 Å². The molecule has 2 rings (SSSR count). The quantitative estimate of drug-likeness (QED) is 0.607. The van der Waals surface area contributed by atoms with Gasteiger partial charge in [0.25, 0.3) is 0 Å². The van der Waals surface area contributed by atoms with E-state index < -0.39 is 0 Å². The molecule has 2 aromatic rings. The Bertz CT molecular complexity index is 524. The van der Waals surface area contributed by atoms with E-state index >= 15 is 0 Å². The second kappa shape index (κ2) is 5.30. The third-order valence-electron chi connectivity index (χ3n) is 2.58. The number of rotatable bonds is 2. The SMILES string of the molecule is Cc1ccc([SH]=C(O)c2ccc(C)cc2)cc1. The van der Waals surface area contributed by atoms with Crippen molar-refractivity contribution in [3.63, 3.8) is 0 Å². The van der Waals surface area contributed by atoms with Crippen molar-refractivity contribution in [1.82, 2.24) is 0 Å². The summed E-state index contributed by atoms with van der Waals surface area (Å²) < 4.78 is 0. The summed E-state index contributed by atoms with van der Waals surface area (Å²) in [4.78, 5) is 1.11. The van der Waals surface area contributed by atoms with Gasteiger partial charge < -0.3 is 5.11 Å². The van der Waals surface area contributed by atoms with Gasteiger partial charge in [0.15, 0.2) is 0 Å². The first-order chi connectivity index (χ1) is 8.15. The number of benzene rings is 2. The predicted molar refractivity (Wildman–Crippen MR) is 76.3 cm³/mol. The molecule has 0 atom stereocenters. The fourth-order valence-electron chi connectivity index (χ4n) is 1.51. The average molecular weight is 244 g/mol. The molecule has 0 saturated heterocycles. The summed E-state index contributed by atoms with van der Waals surface area (Å²) in [5.41, 5.74) is 3.32. The van der Waals surface area contributed by atoms with Gasteiger partial charge in [0.2, 0.25) is 0 Å². The van der Waals surface area contributed by atoms with Gasteiger partial charge in [0, 0.05) is 10.5 Å². The lowest BCUT2D eigenvalue weighted by Gasteiger charge is -2.02. The standard InChI is InChI=1S/C15H16OS/c1-11-3-7-13(8-4-11)15(16)17-14-9-5-12(2)6-10-14/h3-10,16-17H,1-2H3. The number of aliphatic hydroxyl groups excluding tert-OH is 1. The fourth-order valence-corrected chi connectivity index (χ4v) is 2.33. The molecule has 0 aliphatic carbocycles. The molecule has 0 saturated carbocycles. The minimum atomic E-state index is 0.397. The van der Waals surface area contributed by atoms with Crippen LogP contribution in [0.1, 0.15) is 16.7 Å². The van der Waals surface area contributed by atoms with Crippen molar-refractivity contribution in [2.75, 3.05) is 0 Å². The van der Waals surface area contributed by atoms with Gasteiger partial charge in [-0.05, 0) is 26.0 Å². The molecule has 2 heteroatoms. The summed E-state index contributed by atoms with van der Waals surface area (Å²) >= 11 is 0.852. The summed E-state index contributed by atoms with van der Waals surface area (Å²) in [5.74, 6) is 0. The molecule has 88 valence electrons. The first-order valence-electron chi connectivity index (χ1n) is 5.56. The van der Waals surface area contributed by atoms with Crippen LogP contribution in [0.25, 0.3) is 0 Å². The maximum atomic E-state index is 10.0. The molecular formula is C15H16OS. The lowest BCUT2D eigenvalue weighted by molar-refractivity contribution is 0.570. The molecule has 0 unspecified atom stereocenters. The number of hydrogen-bond donors (Lipinski definition) is 2. The summed E-state index contributed by atoms with van der Waals surface area (Å²) in [5, 5.41) is 10.4. The zero-order valence-electron chi connectivity index (χ0n) is 10.0. The van der Waals surface area contributed by atoms with Gasteiger partial charge >= 0.3 is 0 Å². The number of thiol groups is 1. The molecule has 0 aliphatic rings. The lowest BCUT2D eigenvalue weighted by Crippen LogP contribution is -1.95. The highest BCUT2D eigenvalue weighted by Crippen LogP contribution is 2.15. The second-order valence-corrected chi connectivity index (χ2v) is 5.30. The molecule has 1 nitrogen and oxygen atoms in total. The van der Waals surface area contributed by atoms with Crippen LogP contribution >= 0.6 is 11.4 Å². The maximum Gasteiger partial charge on any atom is 0.104 e. The van der Waals surface area contributed by atoms with E-state index in [0.29, 0.717) is 5.05 Å². The van der Waals surface area contributed by atoms with Crippen LogP contribution in [-0.2, 0) is 0 Å². The summed E-state index contributed by atoms with van der Waals surface area (Å²) in [7, 11) is 0. The Morgan fingerprint density at radius 1 is 0.824 bits per heavy atom. The fraction of sp³-hybridized carbons (Fsp3) is 0.133. The van der Waals surface area contributed by atoms with E-state index in [2.05, 4.69) is 19.1 Å². The summed E-state index contributed by atoms with van der Waals surface area (Å²) in [6, 6.07) is 16.1. The topological polar surface area (TPSA) is 20.2 Å². The predicted octanol–water partition coefficient (Wildman–Crippen LogP) is 3.86.